The Kier molecular flexibility index (Phi) is 5.69. The van der Waals surface area contributed by atoms with Crippen LogP contribution in [0.2, 0.25) is 0 Å². The van der Waals surface area contributed by atoms with E-state index in [1.165, 1.54) is 7.05 Å². The summed E-state index contributed by atoms with van der Waals surface area (Å²) in [6, 6.07) is 23.1. The van der Waals surface area contributed by atoms with Crippen LogP contribution in [0.5, 0.6) is 11.5 Å². The summed E-state index contributed by atoms with van der Waals surface area (Å²) in [6.45, 7) is 3.83. The summed E-state index contributed by atoms with van der Waals surface area (Å²) in [5.41, 5.74) is 3.64. The zero-order valence-electron chi connectivity index (χ0n) is 15.1. The fourth-order valence-electron chi connectivity index (χ4n) is 2.78. The van der Waals surface area contributed by atoms with Crippen molar-refractivity contribution in [2.45, 2.75) is 6.42 Å². The molecule has 0 heterocycles. The molecule has 4 nitrogen and oxygen atoms in total. The maximum Gasteiger partial charge on any atom is 0.150 e. The maximum absolute atomic E-state index is 11.3. The van der Waals surface area contributed by atoms with Crippen molar-refractivity contribution in [2.24, 2.45) is 0 Å². The smallest absolute Gasteiger partial charge is 0.150 e. The van der Waals surface area contributed by atoms with Crippen molar-refractivity contribution in [3.8, 4) is 11.5 Å². The lowest BCUT2D eigenvalue weighted by atomic mass is 9.98. The van der Waals surface area contributed by atoms with Crippen molar-refractivity contribution in [1.29, 1.82) is 0 Å². The lowest BCUT2D eigenvalue weighted by Gasteiger charge is -2.16. The van der Waals surface area contributed by atoms with E-state index in [0.717, 1.165) is 34.0 Å². The van der Waals surface area contributed by atoms with Crippen LogP contribution < -0.4 is 4.74 Å². The van der Waals surface area contributed by atoms with Crippen LogP contribution in [0.15, 0.2) is 79.4 Å². The number of ether oxygens (including phenoxy) is 1. The molecule has 136 valence electrons. The van der Waals surface area contributed by atoms with Crippen LogP contribution in [0.4, 0.5) is 0 Å². The van der Waals surface area contributed by atoms with Crippen LogP contribution in [-0.4, -0.2) is 23.6 Å². The van der Waals surface area contributed by atoms with Gasteiger partial charge in [-0.2, -0.15) is 0 Å². The number of hydroxylamine groups is 2. The Morgan fingerprint density at radius 1 is 1.00 bits per heavy atom. The molecule has 3 rings (SSSR count). The van der Waals surface area contributed by atoms with Gasteiger partial charge in [0, 0.05) is 18.2 Å². The van der Waals surface area contributed by atoms with E-state index in [1.807, 2.05) is 66.7 Å². The van der Waals surface area contributed by atoms with Gasteiger partial charge in [0.25, 0.3) is 0 Å². The number of nitrogens with zero attached hydrogens (tertiary/aromatic N) is 1. The highest BCUT2D eigenvalue weighted by atomic mass is 16.5. The minimum absolute atomic E-state index is 0.380. The van der Waals surface area contributed by atoms with Gasteiger partial charge in [0.15, 0.2) is 6.29 Å². The molecule has 0 spiro atoms. The fourth-order valence-corrected chi connectivity index (χ4v) is 2.78. The van der Waals surface area contributed by atoms with Crippen LogP contribution in [0.3, 0.4) is 0 Å². The topological polar surface area (TPSA) is 49.8 Å². The predicted molar refractivity (Wildman–Crippen MR) is 106 cm³/mol. The summed E-state index contributed by atoms with van der Waals surface area (Å²) < 4.78 is 5.81. The third-order valence-corrected chi connectivity index (χ3v) is 4.26. The maximum atomic E-state index is 11.3. The molecule has 0 saturated carbocycles. The Labute approximate surface area is 158 Å². The molecule has 3 aromatic rings. The van der Waals surface area contributed by atoms with Crippen molar-refractivity contribution in [2.75, 3.05) is 7.05 Å². The average Bonchev–Trinajstić information content (AvgIpc) is 2.69. The molecule has 0 radical (unpaired) electrons. The van der Waals surface area contributed by atoms with Crippen molar-refractivity contribution in [3.05, 3.63) is 102 Å². The second kappa shape index (κ2) is 8.34. The Hall–Kier alpha value is -3.37. The Morgan fingerprint density at radius 3 is 2.26 bits per heavy atom. The number of hydrogen-bond acceptors (Lipinski definition) is 4. The largest absolute Gasteiger partial charge is 0.457 e. The van der Waals surface area contributed by atoms with Crippen molar-refractivity contribution in [1.82, 2.24) is 5.06 Å². The van der Waals surface area contributed by atoms with Gasteiger partial charge >= 0.3 is 0 Å². The first-order valence-corrected chi connectivity index (χ1v) is 8.58. The lowest BCUT2D eigenvalue weighted by Crippen LogP contribution is -2.11. The SMILES string of the molecule is C=C(c1cc(Cc2ccc(Oc3ccccc3)cc2)ccc1C=O)N(C)O. The summed E-state index contributed by atoms with van der Waals surface area (Å²) in [5.74, 6) is 1.57. The molecular weight excluding hydrogens is 338 g/mol. The molecule has 0 aliphatic carbocycles. The number of para-hydroxylation sites is 1. The summed E-state index contributed by atoms with van der Waals surface area (Å²) in [5, 5.41) is 10.5. The summed E-state index contributed by atoms with van der Waals surface area (Å²) in [7, 11) is 1.48. The Balaban J connectivity index is 1.76. The molecule has 27 heavy (non-hydrogen) atoms. The van der Waals surface area contributed by atoms with Gasteiger partial charge in [-0.05, 0) is 47.9 Å². The highest BCUT2D eigenvalue weighted by Gasteiger charge is 2.10. The minimum Gasteiger partial charge on any atom is -0.457 e. The predicted octanol–water partition coefficient (Wildman–Crippen LogP) is 5.17. The van der Waals surface area contributed by atoms with E-state index in [2.05, 4.69) is 6.58 Å². The molecule has 0 bridgehead atoms. The summed E-state index contributed by atoms with van der Waals surface area (Å²) in [6.07, 6.45) is 1.46. The zero-order chi connectivity index (χ0) is 19.2. The van der Waals surface area contributed by atoms with Gasteiger partial charge in [0.1, 0.15) is 11.5 Å². The van der Waals surface area contributed by atoms with E-state index in [4.69, 9.17) is 4.74 Å². The molecule has 0 aliphatic rings. The lowest BCUT2D eigenvalue weighted by molar-refractivity contribution is 0.00106. The number of rotatable bonds is 7. The standard InChI is InChI=1S/C23H21NO3/c1-17(24(2)26)23-15-19(8-11-20(23)16-25)14-18-9-12-22(13-10-18)27-21-6-4-3-5-7-21/h3-13,15-16,26H,1,14H2,2H3. The highest BCUT2D eigenvalue weighted by molar-refractivity contribution is 5.84. The number of carbonyl (C=O) groups excluding carboxylic acids is 1. The number of carbonyl (C=O) groups is 1. The van der Waals surface area contributed by atoms with Crippen molar-refractivity contribution >= 4 is 12.0 Å². The van der Waals surface area contributed by atoms with Gasteiger partial charge < -0.3 is 4.74 Å². The fraction of sp³-hybridized carbons (Fsp3) is 0.0870. The quantitative estimate of drug-likeness (QED) is 0.467. The molecule has 0 unspecified atom stereocenters. The van der Waals surface area contributed by atoms with Crippen LogP contribution >= 0.6 is 0 Å². The molecule has 0 atom stereocenters. The molecule has 4 heteroatoms. The van der Waals surface area contributed by atoms with E-state index in [-0.39, 0.29) is 0 Å². The van der Waals surface area contributed by atoms with Crippen LogP contribution in [0.1, 0.15) is 27.0 Å². The van der Waals surface area contributed by atoms with Gasteiger partial charge in [-0.15, -0.1) is 0 Å². The molecule has 0 aromatic heterocycles. The third-order valence-electron chi connectivity index (χ3n) is 4.26. The van der Waals surface area contributed by atoms with Crippen molar-refractivity contribution < 1.29 is 14.7 Å². The third kappa shape index (κ3) is 4.63. The van der Waals surface area contributed by atoms with E-state index < -0.39 is 0 Å². The van der Waals surface area contributed by atoms with Crippen LogP contribution in [-0.2, 0) is 6.42 Å². The molecule has 0 amide bonds. The van der Waals surface area contributed by atoms with Crippen molar-refractivity contribution in [3.63, 3.8) is 0 Å². The van der Waals surface area contributed by atoms with Crippen LogP contribution in [0, 0.1) is 0 Å². The van der Waals surface area contributed by atoms with E-state index in [1.54, 1.807) is 6.07 Å². The van der Waals surface area contributed by atoms with E-state index >= 15 is 0 Å². The number of hydrogen-bond donors (Lipinski definition) is 1. The monoisotopic (exact) mass is 359 g/mol. The van der Waals surface area contributed by atoms with Gasteiger partial charge in [-0.1, -0.05) is 49.0 Å². The molecule has 0 aliphatic heterocycles. The summed E-state index contributed by atoms with van der Waals surface area (Å²) in [4.78, 5) is 11.3. The normalized spacial score (nSPS) is 10.3. The molecule has 1 N–H and O–H groups in total. The Morgan fingerprint density at radius 2 is 1.63 bits per heavy atom. The first-order chi connectivity index (χ1) is 13.1. The summed E-state index contributed by atoms with van der Waals surface area (Å²) >= 11 is 0. The molecule has 0 fully saturated rings. The van der Waals surface area contributed by atoms with Gasteiger partial charge in [0.2, 0.25) is 0 Å². The second-order valence-electron chi connectivity index (χ2n) is 6.25. The second-order valence-corrected chi connectivity index (χ2v) is 6.25. The van der Waals surface area contributed by atoms with Gasteiger partial charge in [-0.3, -0.25) is 15.1 Å². The first-order valence-electron chi connectivity index (χ1n) is 8.58. The Bertz CT molecular complexity index is 932. The van der Waals surface area contributed by atoms with Gasteiger partial charge in [0.05, 0.1) is 5.70 Å². The van der Waals surface area contributed by atoms with Gasteiger partial charge in [-0.25, -0.2) is 0 Å². The van der Waals surface area contributed by atoms with E-state index in [9.17, 15) is 10.0 Å². The average molecular weight is 359 g/mol. The molecule has 3 aromatic carbocycles. The zero-order valence-corrected chi connectivity index (χ0v) is 15.1. The molecular formula is C23H21NO3. The number of benzene rings is 3. The number of aldehydes is 1. The first kappa shape index (κ1) is 18.4. The van der Waals surface area contributed by atoms with Crippen LogP contribution in [0.25, 0.3) is 5.70 Å². The highest BCUT2D eigenvalue weighted by Crippen LogP contribution is 2.24. The minimum atomic E-state index is 0.380. The van der Waals surface area contributed by atoms with E-state index in [0.29, 0.717) is 23.2 Å². The molecule has 0 saturated heterocycles.